The van der Waals surface area contributed by atoms with E-state index in [0.29, 0.717) is 11.8 Å². The van der Waals surface area contributed by atoms with Gasteiger partial charge in [0, 0.05) is 11.0 Å². The first-order valence-corrected chi connectivity index (χ1v) is 6.48. The van der Waals surface area contributed by atoms with Crippen LogP contribution in [0.4, 0.5) is 0 Å². The van der Waals surface area contributed by atoms with Gasteiger partial charge in [0.05, 0.1) is 0 Å². The molecule has 1 N–H and O–H groups in total. The van der Waals surface area contributed by atoms with E-state index in [0.717, 1.165) is 13.1 Å². The predicted molar refractivity (Wildman–Crippen MR) is 68.5 cm³/mol. The topological polar surface area (TPSA) is 12.0 Å². The molecule has 82 valence electrons. The molecule has 0 bridgehead atoms. The minimum atomic E-state index is 0.593. The van der Waals surface area contributed by atoms with Crippen LogP contribution in [0.25, 0.3) is 0 Å². The van der Waals surface area contributed by atoms with Crippen molar-refractivity contribution in [3.8, 4) is 0 Å². The molecule has 1 aromatic carbocycles. The zero-order valence-electron chi connectivity index (χ0n) is 9.39. The van der Waals surface area contributed by atoms with Gasteiger partial charge >= 0.3 is 0 Å². The van der Waals surface area contributed by atoms with Crippen molar-refractivity contribution in [1.29, 1.82) is 0 Å². The van der Waals surface area contributed by atoms with E-state index in [-0.39, 0.29) is 0 Å². The SMILES string of the molecule is CC(C)c1ccc(C2CCNC2)cc1Br. The van der Waals surface area contributed by atoms with Gasteiger partial charge in [0.1, 0.15) is 0 Å². The van der Waals surface area contributed by atoms with Crippen LogP contribution in [0, 0.1) is 0 Å². The van der Waals surface area contributed by atoms with Gasteiger partial charge in [-0.2, -0.15) is 0 Å². The Bertz CT molecular complexity index is 340. The van der Waals surface area contributed by atoms with Crippen LogP contribution in [0.3, 0.4) is 0 Å². The molecule has 1 atom stereocenters. The zero-order valence-corrected chi connectivity index (χ0v) is 11.0. The highest BCUT2D eigenvalue weighted by Gasteiger charge is 2.17. The fourth-order valence-electron chi connectivity index (χ4n) is 2.20. The first-order chi connectivity index (χ1) is 7.18. The van der Waals surface area contributed by atoms with E-state index in [1.165, 1.54) is 22.0 Å². The Morgan fingerprint density at radius 1 is 1.40 bits per heavy atom. The number of benzene rings is 1. The highest BCUT2D eigenvalue weighted by Crippen LogP contribution is 2.30. The molecule has 1 fully saturated rings. The van der Waals surface area contributed by atoms with E-state index in [1.807, 2.05) is 0 Å². The Morgan fingerprint density at radius 2 is 2.20 bits per heavy atom. The minimum Gasteiger partial charge on any atom is -0.316 e. The van der Waals surface area contributed by atoms with Crippen molar-refractivity contribution in [3.63, 3.8) is 0 Å². The lowest BCUT2D eigenvalue weighted by atomic mass is 9.95. The van der Waals surface area contributed by atoms with Crippen molar-refractivity contribution >= 4 is 15.9 Å². The Labute approximate surface area is 100 Å². The third-order valence-electron chi connectivity index (χ3n) is 3.18. The summed E-state index contributed by atoms with van der Waals surface area (Å²) in [5.74, 6) is 1.30. The quantitative estimate of drug-likeness (QED) is 0.863. The third-order valence-corrected chi connectivity index (χ3v) is 3.86. The van der Waals surface area contributed by atoms with Gasteiger partial charge in [-0.25, -0.2) is 0 Å². The van der Waals surface area contributed by atoms with E-state index >= 15 is 0 Å². The van der Waals surface area contributed by atoms with Gasteiger partial charge < -0.3 is 5.32 Å². The lowest BCUT2D eigenvalue weighted by molar-refractivity contribution is 0.759. The summed E-state index contributed by atoms with van der Waals surface area (Å²) in [6.07, 6.45) is 1.27. The Balaban J connectivity index is 2.24. The van der Waals surface area contributed by atoms with Crippen molar-refractivity contribution in [2.45, 2.75) is 32.1 Å². The molecular weight excluding hydrogens is 250 g/mol. The van der Waals surface area contributed by atoms with Crippen LogP contribution in [0.5, 0.6) is 0 Å². The summed E-state index contributed by atoms with van der Waals surface area (Å²) in [6.45, 7) is 6.76. The van der Waals surface area contributed by atoms with E-state index in [1.54, 1.807) is 0 Å². The van der Waals surface area contributed by atoms with Crippen molar-refractivity contribution in [2.24, 2.45) is 0 Å². The molecule has 0 saturated carbocycles. The summed E-state index contributed by atoms with van der Waals surface area (Å²) in [6, 6.07) is 6.85. The van der Waals surface area contributed by atoms with E-state index in [4.69, 9.17) is 0 Å². The molecule has 2 heteroatoms. The maximum absolute atomic E-state index is 3.67. The Morgan fingerprint density at radius 3 is 2.73 bits per heavy atom. The van der Waals surface area contributed by atoms with Crippen molar-refractivity contribution in [3.05, 3.63) is 33.8 Å². The van der Waals surface area contributed by atoms with Gasteiger partial charge in [0.2, 0.25) is 0 Å². The van der Waals surface area contributed by atoms with E-state index < -0.39 is 0 Å². The highest BCUT2D eigenvalue weighted by molar-refractivity contribution is 9.10. The average Bonchev–Trinajstić information content (AvgIpc) is 2.69. The molecule has 0 spiro atoms. The van der Waals surface area contributed by atoms with Gasteiger partial charge in [-0.15, -0.1) is 0 Å². The molecule has 0 aliphatic carbocycles. The summed E-state index contributed by atoms with van der Waals surface area (Å²) in [5.41, 5.74) is 2.88. The van der Waals surface area contributed by atoms with Crippen LogP contribution in [-0.2, 0) is 0 Å². The molecule has 0 radical (unpaired) electrons. The maximum Gasteiger partial charge on any atom is 0.0212 e. The molecule has 1 aromatic rings. The molecule has 1 unspecified atom stereocenters. The monoisotopic (exact) mass is 267 g/mol. The minimum absolute atomic E-state index is 0.593. The van der Waals surface area contributed by atoms with Gasteiger partial charge in [0.25, 0.3) is 0 Å². The van der Waals surface area contributed by atoms with Gasteiger partial charge in [-0.3, -0.25) is 0 Å². The first-order valence-electron chi connectivity index (χ1n) is 5.68. The normalized spacial score (nSPS) is 21.2. The molecular formula is C13H18BrN. The lowest BCUT2D eigenvalue weighted by Crippen LogP contribution is -2.08. The van der Waals surface area contributed by atoms with Crippen molar-refractivity contribution in [1.82, 2.24) is 5.32 Å². The average molecular weight is 268 g/mol. The zero-order chi connectivity index (χ0) is 10.8. The van der Waals surface area contributed by atoms with Crippen LogP contribution >= 0.6 is 15.9 Å². The second-order valence-electron chi connectivity index (χ2n) is 4.63. The fourth-order valence-corrected chi connectivity index (χ4v) is 3.06. The summed E-state index contributed by atoms with van der Waals surface area (Å²) in [4.78, 5) is 0. The van der Waals surface area contributed by atoms with Crippen molar-refractivity contribution in [2.75, 3.05) is 13.1 Å². The highest BCUT2D eigenvalue weighted by atomic mass is 79.9. The van der Waals surface area contributed by atoms with E-state index in [2.05, 4.69) is 53.3 Å². The Hall–Kier alpha value is -0.340. The van der Waals surface area contributed by atoms with Crippen LogP contribution in [0.2, 0.25) is 0 Å². The van der Waals surface area contributed by atoms with Crippen LogP contribution in [-0.4, -0.2) is 13.1 Å². The number of rotatable bonds is 2. The van der Waals surface area contributed by atoms with Gasteiger partial charge in [-0.05, 0) is 42.0 Å². The number of halogens is 1. The molecule has 1 aliphatic rings. The van der Waals surface area contributed by atoms with Crippen molar-refractivity contribution < 1.29 is 0 Å². The lowest BCUT2D eigenvalue weighted by Gasteiger charge is -2.13. The summed E-state index contributed by atoms with van der Waals surface area (Å²) < 4.78 is 1.27. The fraction of sp³-hybridized carbons (Fsp3) is 0.538. The second kappa shape index (κ2) is 4.67. The number of hydrogen-bond acceptors (Lipinski definition) is 1. The van der Waals surface area contributed by atoms with Gasteiger partial charge in [-0.1, -0.05) is 41.9 Å². The molecule has 1 aliphatic heterocycles. The standard InChI is InChI=1S/C13H18BrN/c1-9(2)12-4-3-10(7-13(12)14)11-5-6-15-8-11/h3-4,7,9,11,15H,5-6,8H2,1-2H3. The third kappa shape index (κ3) is 2.43. The smallest absolute Gasteiger partial charge is 0.0212 e. The predicted octanol–water partition coefficient (Wildman–Crippen LogP) is 3.65. The van der Waals surface area contributed by atoms with Crippen LogP contribution in [0.15, 0.2) is 22.7 Å². The van der Waals surface area contributed by atoms with Crippen LogP contribution < -0.4 is 5.32 Å². The van der Waals surface area contributed by atoms with Gasteiger partial charge in [0.15, 0.2) is 0 Å². The number of nitrogens with one attached hydrogen (secondary N) is 1. The summed E-state index contributed by atoms with van der Waals surface area (Å²) in [5, 5.41) is 3.41. The molecule has 2 rings (SSSR count). The largest absolute Gasteiger partial charge is 0.316 e. The number of hydrogen-bond donors (Lipinski definition) is 1. The van der Waals surface area contributed by atoms with Crippen LogP contribution in [0.1, 0.15) is 43.2 Å². The first kappa shape index (κ1) is 11.2. The maximum atomic E-state index is 3.67. The molecule has 0 aromatic heterocycles. The summed E-state index contributed by atoms with van der Waals surface area (Å²) in [7, 11) is 0. The second-order valence-corrected chi connectivity index (χ2v) is 5.48. The Kier molecular flexibility index (Phi) is 3.47. The molecule has 0 amide bonds. The molecule has 1 nitrogen and oxygen atoms in total. The molecule has 15 heavy (non-hydrogen) atoms. The summed E-state index contributed by atoms with van der Waals surface area (Å²) >= 11 is 3.67. The molecule has 1 heterocycles. The van der Waals surface area contributed by atoms with E-state index in [9.17, 15) is 0 Å². The molecule has 1 saturated heterocycles.